The minimum absolute atomic E-state index is 0.0602. The summed E-state index contributed by atoms with van der Waals surface area (Å²) in [6.45, 7) is 12.0. The number of benzene rings is 2. The normalized spacial score (nSPS) is 15.4. The molecule has 1 N–H and O–H groups in total. The predicted octanol–water partition coefficient (Wildman–Crippen LogP) is 3.25. The van der Waals surface area contributed by atoms with Gasteiger partial charge in [0.05, 0.1) is 6.54 Å². The smallest absolute Gasteiger partial charge is 0.238 e. The van der Waals surface area contributed by atoms with Gasteiger partial charge in [-0.2, -0.15) is 0 Å². The second-order valence-electron chi connectivity index (χ2n) is 7.53. The zero-order valence-corrected chi connectivity index (χ0v) is 17.2. The van der Waals surface area contributed by atoms with Crippen LogP contribution in [-0.2, 0) is 4.79 Å². The molecule has 1 aliphatic heterocycles. The molecule has 1 amide bonds. The Morgan fingerprint density at radius 2 is 1.61 bits per heavy atom. The van der Waals surface area contributed by atoms with Crippen LogP contribution in [0, 0.1) is 20.8 Å². The second kappa shape index (κ2) is 9.71. The molecule has 28 heavy (non-hydrogen) atoms. The van der Waals surface area contributed by atoms with Crippen molar-refractivity contribution in [1.82, 2.24) is 9.80 Å². The Kier molecular flexibility index (Phi) is 7.06. The Balaban J connectivity index is 1.37. The number of anilines is 1. The highest BCUT2D eigenvalue weighted by atomic mass is 16.5. The second-order valence-corrected chi connectivity index (χ2v) is 7.53. The average molecular weight is 382 g/mol. The Morgan fingerprint density at radius 1 is 0.929 bits per heavy atom. The number of hydrogen-bond donors (Lipinski definition) is 1. The summed E-state index contributed by atoms with van der Waals surface area (Å²) in [5.41, 5.74) is 4.41. The highest BCUT2D eigenvalue weighted by Gasteiger charge is 2.19. The maximum absolute atomic E-state index is 12.4. The standard InChI is InChI=1S/C23H31N3O2/c1-18-8-6-9-21(20(18)3)24-23(27)17-26-13-11-25(12-14-26)15-16-28-22-10-5-4-7-19(22)2/h4-10H,11-17H2,1-3H3,(H,24,27). The number of hydrogen-bond acceptors (Lipinski definition) is 4. The van der Waals surface area contributed by atoms with Crippen molar-refractivity contribution in [2.24, 2.45) is 0 Å². The first kappa shape index (κ1) is 20.4. The van der Waals surface area contributed by atoms with Crippen LogP contribution in [0.5, 0.6) is 5.75 Å². The quantitative estimate of drug-likeness (QED) is 0.800. The van der Waals surface area contributed by atoms with Crippen molar-refractivity contribution in [2.75, 3.05) is 51.2 Å². The number of nitrogens with one attached hydrogen (secondary N) is 1. The van der Waals surface area contributed by atoms with E-state index in [2.05, 4.69) is 41.1 Å². The number of amides is 1. The number of rotatable bonds is 7. The van der Waals surface area contributed by atoms with E-state index in [1.165, 1.54) is 11.1 Å². The molecule has 0 aliphatic carbocycles. The van der Waals surface area contributed by atoms with Crippen molar-refractivity contribution in [3.8, 4) is 5.75 Å². The number of nitrogens with zero attached hydrogens (tertiary/aromatic N) is 2. The molecule has 0 saturated carbocycles. The van der Waals surface area contributed by atoms with Gasteiger partial charge >= 0.3 is 0 Å². The molecule has 0 radical (unpaired) electrons. The topological polar surface area (TPSA) is 44.8 Å². The molecule has 5 heteroatoms. The maximum Gasteiger partial charge on any atom is 0.238 e. The van der Waals surface area contributed by atoms with Crippen LogP contribution < -0.4 is 10.1 Å². The molecule has 0 atom stereocenters. The molecule has 5 nitrogen and oxygen atoms in total. The van der Waals surface area contributed by atoms with Gasteiger partial charge in [-0.1, -0.05) is 30.3 Å². The van der Waals surface area contributed by atoms with Gasteiger partial charge in [-0.25, -0.2) is 0 Å². The summed E-state index contributed by atoms with van der Waals surface area (Å²) in [6.07, 6.45) is 0. The summed E-state index contributed by atoms with van der Waals surface area (Å²) in [4.78, 5) is 17.0. The van der Waals surface area contributed by atoms with Crippen molar-refractivity contribution in [2.45, 2.75) is 20.8 Å². The summed E-state index contributed by atoms with van der Waals surface area (Å²) in [5, 5.41) is 3.05. The van der Waals surface area contributed by atoms with Gasteiger partial charge in [-0.3, -0.25) is 14.6 Å². The van der Waals surface area contributed by atoms with E-state index in [-0.39, 0.29) is 5.91 Å². The summed E-state index contributed by atoms with van der Waals surface area (Å²) in [6, 6.07) is 14.1. The van der Waals surface area contributed by atoms with Gasteiger partial charge < -0.3 is 10.1 Å². The van der Waals surface area contributed by atoms with Crippen LogP contribution in [0.4, 0.5) is 5.69 Å². The van der Waals surface area contributed by atoms with Gasteiger partial charge in [0.15, 0.2) is 0 Å². The Morgan fingerprint density at radius 3 is 2.36 bits per heavy atom. The fraction of sp³-hybridized carbons (Fsp3) is 0.435. The van der Waals surface area contributed by atoms with E-state index in [9.17, 15) is 4.79 Å². The van der Waals surface area contributed by atoms with E-state index in [0.29, 0.717) is 13.2 Å². The first-order valence-corrected chi connectivity index (χ1v) is 10.0. The minimum atomic E-state index is 0.0602. The average Bonchev–Trinajstić information content (AvgIpc) is 2.68. The minimum Gasteiger partial charge on any atom is -0.492 e. The van der Waals surface area contributed by atoms with Gasteiger partial charge in [-0.05, 0) is 49.6 Å². The molecule has 0 unspecified atom stereocenters. The molecule has 2 aromatic carbocycles. The summed E-state index contributed by atoms with van der Waals surface area (Å²) >= 11 is 0. The third-order valence-corrected chi connectivity index (χ3v) is 5.47. The molecule has 1 aliphatic rings. The molecule has 150 valence electrons. The van der Waals surface area contributed by atoms with Gasteiger partial charge in [0.1, 0.15) is 12.4 Å². The summed E-state index contributed by atoms with van der Waals surface area (Å²) in [7, 11) is 0. The highest BCUT2D eigenvalue weighted by molar-refractivity contribution is 5.93. The number of aryl methyl sites for hydroxylation is 2. The summed E-state index contributed by atoms with van der Waals surface area (Å²) in [5.74, 6) is 1.02. The van der Waals surface area contributed by atoms with E-state index in [0.717, 1.165) is 49.7 Å². The maximum atomic E-state index is 12.4. The van der Waals surface area contributed by atoms with E-state index >= 15 is 0 Å². The van der Waals surface area contributed by atoms with Crippen LogP contribution in [0.15, 0.2) is 42.5 Å². The molecule has 1 saturated heterocycles. The largest absolute Gasteiger partial charge is 0.492 e. The Hall–Kier alpha value is -2.37. The third-order valence-electron chi connectivity index (χ3n) is 5.47. The van der Waals surface area contributed by atoms with E-state index in [1.807, 2.05) is 37.3 Å². The van der Waals surface area contributed by atoms with Gasteiger partial charge in [0, 0.05) is 38.4 Å². The zero-order valence-electron chi connectivity index (χ0n) is 17.2. The molecule has 1 fully saturated rings. The number of ether oxygens (including phenoxy) is 1. The van der Waals surface area contributed by atoms with Crippen molar-refractivity contribution < 1.29 is 9.53 Å². The number of para-hydroxylation sites is 1. The first-order chi connectivity index (χ1) is 13.5. The van der Waals surface area contributed by atoms with Gasteiger partial charge in [0.25, 0.3) is 0 Å². The molecule has 2 aromatic rings. The Labute approximate surface area is 168 Å². The fourth-order valence-corrected chi connectivity index (χ4v) is 3.45. The van der Waals surface area contributed by atoms with Crippen molar-refractivity contribution in [1.29, 1.82) is 0 Å². The van der Waals surface area contributed by atoms with E-state index in [4.69, 9.17) is 4.74 Å². The first-order valence-electron chi connectivity index (χ1n) is 10.0. The predicted molar refractivity (Wildman–Crippen MR) is 114 cm³/mol. The molecule has 0 spiro atoms. The van der Waals surface area contributed by atoms with Crippen LogP contribution in [0.25, 0.3) is 0 Å². The summed E-state index contributed by atoms with van der Waals surface area (Å²) < 4.78 is 5.90. The third kappa shape index (κ3) is 5.57. The van der Waals surface area contributed by atoms with Gasteiger partial charge in [0.2, 0.25) is 5.91 Å². The van der Waals surface area contributed by atoms with Crippen LogP contribution >= 0.6 is 0 Å². The Bertz CT molecular complexity index is 798. The fourth-order valence-electron chi connectivity index (χ4n) is 3.45. The van der Waals surface area contributed by atoms with Crippen LogP contribution in [0.2, 0.25) is 0 Å². The molecular weight excluding hydrogens is 350 g/mol. The zero-order chi connectivity index (χ0) is 19.9. The molecule has 0 bridgehead atoms. The van der Waals surface area contributed by atoms with Crippen molar-refractivity contribution >= 4 is 11.6 Å². The number of carbonyl (C=O) groups is 1. The molecular formula is C23H31N3O2. The molecule has 1 heterocycles. The highest BCUT2D eigenvalue weighted by Crippen LogP contribution is 2.18. The lowest BCUT2D eigenvalue weighted by Crippen LogP contribution is -2.49. The van der Waals surface area contributed by atoms with Crippen molar-refractivity contribution in [3.63, 3.8) is 0 Å². The van der Waals surface area contributed by atoms with Crippen LogP contribution in [0.1, 0.15) is 16.7 Å². The van der Waals surface area contributed by atoms with Crippen LogP contribution in [-0.4, -0.2) is 61.6 Å². The lowest BCUT2D eigenvalue weighted by molar-refractivity contribution is -0.117. The molecule has 3 rings (SSSR count). The lowest BCUT2D eigenvalue weighted by atomic mass is 10.1. The van der Waals surface area contributed by atoms with Gasteiger partial charge in [-0.15, -0.1) is 0 Å². The lowest BCUT2D eigenvalue weighted by Gasteiger charge is -2.34. The number of piperazine rings is 1. The number of carbonyl (C=O) groups excluding carboxylic acids is 1. The van der Waals surface area contributed by atoms with Crippen LogP contribution in [0.3, 0.4) is 0 Å². The SMILES string of the molecule is Cc1ccccc1OCCN1CCN(CC(=O)Nc2cccc(C)c2C)CC1. The molecule has 0 aromatic heterocycles. The van der Waals surface area contributed by atoms with E-state index in [1.54, 1.807) is 0 Å². The monoisotopic (exact) mass is 381 g/mol. The van der Waals surface area contributed by atoms with E-state index < -0.39 is 0 Å². The van der Waals surface area contributed by atoms with Crippen molar-refractivity contribution in [3.05, 3.63) is 59.2 Å².